The highest BCUT2D eigenvalue weighted by atomic mass is 79.9. The molecule has 0 heterocycles. The van der Waals surface area contributed by atoms with Gasteiger partial charge in [0.25, 0.3) is 0 Å². The van der Waals surface area contributed by atoms with E-state index in [1.807, 2.05) is 0 Å². The molecule has 2 aromatic rings. The molecule has 0 spiro atoms. The monoisotopic (exact) mass is 684 g/mol. The van der Waals surface area contributed by atoms with Crippen LogP contribution in [-0.4, -0.2) is 90.1 Å². The minimum absolute atomic E-state index is 0.0528. The first kappa shape index (κ1) is 32.3. The van der Waals surface area contributed by atoms with Crippen LogP contribution in [0.2, 0.25) is 0 Å². The standard InChI is InChI=1S/C31H33BrN4O9/c1-35(2)19-11-14(12-34-30(43)45-16-7-5-15(32)6-8-16)24(37)21-17(19)9-13-10-18-23(36(3)4)26(39)22(29(33)42)28(41)31(18,44)27(40)20(13)25(21)38/h5-8,11,13,18,20,22-23,37,44H,9-10,12H2,1-4H3,(H2,33,42)(H,34,43)/t13-,18-,20?,22?,23-,31-/m0/s1. The summed E-state index contributed by atoms with van der Waals surface area (Å²) in [6.07, 6.45) is -0.748. The highest BCUT2D eigenvalue weighted by Crippen LogP contribution is 2.52. The van der Waals surface area contributed by atoms with Crippen LogP contribution in [-0.2, 0) is 32.1 Å². The zero-order valence-corrected chi connectivity index (χ0v) is 26.6. The Morgan fingerprint density at radius 3 is 2.31 bits per heavy atom. The van der Waals surface area contributed by atoms with Gasteiger partial charge >= 0.3 is 6.09 Å². The van der Waals surface area contributed by atoms with E-state index in [0.29, 0.717) is 11.3 Å². The maximum Gasteiger partial charge on any atom is 0.412 e. The Balaban J connectivity index is 1.51. The van der Waals surface area contributed by atoms with Crippen molar-refractivity contribution in [1.29, 1.82) is 0 Å². The highest BCUT2D eigenvalue weighted by Gasteiger charge is 2.69. The van der Waals surface area contributed by atoms with Crippen LogP contribution in [0, 0.1) is 23.7 Å². The summed E-state index contributed by atoms with van der Waals surface area (Å²) < 4.78 is 6.06. The molecule has 5 N–H and O–H groups in total. The molecule has 6 atom stereocenters. The van der Waals surface area contributed by atoms with Crippen LogP contribution in [0.3, 0.4) is 0 Å². The number of benzene rings is 2. The number of hydrogen-bond acceptors (Lipinski definition) is 11. The minimum Gasteiger partial charge on any atom is -0.507 e. The molecule has 3 aliphatic carbocycles. The fourth-order valence-corrected chi connectivity index (χ4v) is 7.32. The number of ether oxygens (including phenoxy) is 1. The molecule has 0 saturated heterocycles. The highest BCUT2D eigenvalue weighted by molar-refractivity contribution is 9.10. The summed E-state index contributed by atoms with van der Waals surface area (Å²) in [6, 6.07) is 6.99. The number of phenolic OH excluding ortho intramolecular Hbond substituents is 1. The quantitative estimate of drug-likeness (QED) is 0.317. The maximum atomic E-state index is 14.1. The van der Waals surface area contributed by atoms with Gasteiger partial charge in [-0.25, -0.2) is 4.79 Å². The largest absolute Gasteiger partial charge is 0.507 e. The summed E-state index contributed by atoms with van der Waals surface area (Å²) in [5.41, 5.74) is 3.57. The van der Waals surface area contributed by atoms with E-state index in [0.717, 1.165) is 4.47 Å². The van der Waals surface area contributed by atoms with Crippen LogP contribution in [0.1, 0.15) is 27.9 Å². The van der Waals surface area contributed by atoms with Crippen LogP contribution in [0.4, 0.5) is 10.5 Å². The smallest absolute Gasteiger partial charge is 0.412 e. The fraction of sp³-hybridized carbons (Fsp3) is 0.419. The Labute approximate surface area is 266 Å². The first-order chi connectivity index (χ1) is 21.1. The van der Waals surface area contributed by atoms with E-state index in [4.69, 9.17) is 10.5 Å². The lowest BCUT2D eigenvalue weighted by atomic mass is 9.52. The van der Waals surface area contributed by atoms with Gasteiger partial charge < -0.3 is 30.9 Å². The van der Waals surface area contributed by atoms with Gasteiger partial charge in [0.2, 0.25) is 5.91 Å². The zero-order valence-electron chi connectivity index (χ0n) is 25.0. The van der Waals surface area contributed by atoms with Gasteiger partial charge in [-0.1, -0.05) is 15.9 Å². The van der Waals surface area contributed by atoms with E-state index in [9.17, 15) is 39.0 Å². The van der Waals surface area contributed by atoms with Crippen molar-refractivity contribution in [2.75, 3.05) is 33.1 Å². The van der Waals surface area contributed by atoms with Crippen molar-refractivity contribution in [2.24, 2.45) is 29.4 Å². The Morgan fingerprint density at radius 2 is 1.73 bits per heavy atom. The first-order valence-electron chi connectivity index (χ1n) is 14.2. The van der Waals surface area contributed by atoms with E-state index in [1.165, 1.54) is 19.0 Å². The number of carbonyl (C=O) groups excluding carboxylic acids is 6. The second-order valence-electron chi connectivity index (χ2n) is 12.1. The molecule has 2 saturated carbocycles. The van der Waals surface area contributed by atoms with Crippen LogP contribution < -0.4 is 20.7 Å². The SMILES string of the molecule is CN(C)c1cc(CNC(=O)Oc2ccc(Br)cc2)c(O)c2c1C[C@H]1C[C@H]3[C@H](N(C)C)C(=O)C(C(N)=O)C(=O)[C@@]3(O)C(=O)C1C2=O. The number of Topliss-reactive ketones (excluding diaryl/α,β-unsaturated/α-hetero) is 4. The number of phenols is 1. The lowest BCUT2D eigenvalue weighted by Gasteiger charge is -2.52. The van der Waals surface area contributed by atoms with Crippen molar-refractivity contribution in [3.63, 3.8) is 0 Å². The number of aromatic hydroxyl groups is 1. The van der Waals surface area contributed by atoms with E-state index < -0.39 is 76.2 Å². The van der Waals surface area contributed by atoms with Gasteiger partial charge in [0.15, 0.2) is 34.7 Å². The molecular formula is C31H33BrN4O9. The lowest BCUT2D eigenvalue weighted by molar-refractivity contribution is -0.181. The average Bonchev–Trinajstić information content (AvgIpc) is 2.95. The Bertz CT molecular complexity index is 1640. The number of carbonyl (C=O) groups is 6. The number of halogens is 1. The van der Waals surface area contributed by atoms with Gasteiger partial charge in [0, 0.05) is 42.3 Å². The summed E-state index contributed by atoms with van der Waals surface area (Å²) in [4.78, 5) is 82.8. The predicted molar refractivity (Wildman–Crippen MR) is 163 cm³/mol. The van der Waals surface area contributed by atoms with Crippen molar-refractivity contribution in [3.8, 4) is 11.5 Å². The second kappa shape index (κ2) is 11.7. The van der Waals surface area contributed by atoms with Crippen molar-refractivity contribution >= 4 is 56.8 Å². The van der Waals surface area contributed by atoms with Crippen molar-refractivity contribution in [2.45, 2.75) is 31.0 Å². The third-order valence-corrected chi connectivity index (χ3v) is 9.57. The summed E-state index contributed by atoms with van der Waals surface area (Å²) in [5, 5.41) is 25.7. The number of likely N-dealkylation sites (N-methyl/N-ethyl adjacent to an activating group) is 1. The number of nitrogens with one attached hydrogen (secondary N) is 1. The average molecular weight is 686 g/mol. The molecule has 0 aromatic heterocycles. The van der Waals surface area contributed by atoms with Gasteiger partial charge in [0.1, 0.15) is 11.5 Å². The van der Waals surface area contributed by atoms with E-state index in [-0.39, 0.29) is 36.3 Å². The summed E-state index contributed by atoms with van der Waals surface area (Å²) >= 11 is 3.30. The number of rotatable bonds is 6. The molecule has 238 valence electrons. The molecule has 2 unspecified atom stereocenters. The van der Waals surface area contributed by atoms with Crippen molar-refractivity contribution in [3.05, 3.63) is 51.5 Å². The third-order valence-electron chi connectivity index (χ3n) is 9.05. The number of amides is 2. The molecule has 2 fully saturated rings. The summed E-state index contributed by atoms with van der Waals surface area (Å²) in [5.74, 6) is -11.0. The maximum absolute atomic E-state index is 14.1. The molecule has 0 aliphatic heterocycles. The molecule has 0 radical (unpaired) electrons. The Kier molecular flexibility index (Phi) is 8.36. The Morgan fingerprint density at radius 1 is 1.09 bits per heavy atom. The number of hydrogen-bond donors (Lipinski definition) is 4. The molecule has 13 nitrogen and oxygen atoms in total. The van der Waals surface area contributed by atoms with Crippen LogP contribution in [0.25, 0.3) is 0 Å². The van der Waals surface area contributed by atoms with Gasteiger partial charge in [-0.2, -0.15) is 0 Å². The second-order valence-corrected chi connectivity index (χ2v) is 13.1. The number of ketones is 4. The fourth-order valence-electron chi connectivity index (χ4n) is 7.05. The molecule has 3 aliphatic rings. The van der Waals surface area contributed by atoms with Crippen LogP contribution in [0.5, 0.6) is 11.5 Å². The number of nitrogens with two attached hydrogens (primary N) is 1. The number of fused-ring (bicyclic) bond motifs is 3. The van der Waals surface area contributed by atoms with Crippen molar-refractivity contribution in [1.82, 2.24) is 10.2 Å². The molecule has 2 amide bonds. The van der Waals surface area contributed by atoms with Gasteiger partial charge in [0.05, 0.1) is 17.5 Å². The molecular weight excluding hydrogens is 652 g/mol. The minimum atomic E-state index is -2.81. The number of nitrogens with zero attached hydrogens (tertiary/aromatic N) is 2. The summed E-state index contributed by atoms with van der Waals surface area (Å²) in [7, 11) is 6.53. The topological polar surface area (TPSA) is 197 Å². The number of primary amides is 1. The molecule has 2 aromatic carbocycles. The molecule has 45 heavy (non-hydrogen) atoms. The normalized spacial score (nSPS) is 27.4. The molecule has 5 rings (SSSR count). The third kappa shape index (κ3) is 5.20. The first-order valence-corrected chi connectivity index (χ1v) is 15.0. The van der Waals surface area contributed by atoms with Crippen LogP contribution in [0.15, 0.2) is 34.8 Å². The van der Waals surface area contributed by atoms with E-state index in [2.05, 4.69) is 21.2 Å². The summed E-state index contributed by atoms with van der Waals surface area (Å²) in [6.45, 7) is -0.234. The number of anilines is 1. The van der Waals surface area contributed by atoms with Gasteiger partial charge in [-0.3, -0.25) is 28.9 Å². The Hall–Kier alpha value is -4.14. The lowest BCUT2D eigenvalue weighted by Crippen LogP contribution is -2.74. The van der Waals surface area contributed by atoms with E-state index in [1.54, 1.807) is 49.3 Å². The van der Waals surface area contributed by atoms with E-state index >= 15 is 0 Å². The molecule has 14 heteroatoms. The zero-order chi connectivity index (χ0) is 33.1. The van der Waals surface area contributed by atoms with Crippen molar-refractivity contribution < 1.29 is 43.7 Å². The van der Waals surface area contributed by atoms with Gasteiger partial charge in [-0.15, -0.1) is 0 Å². The predicted octanol–water partition coefficient (Wildman–Crippen LogP) is 0.984. The molecule has 0 bridgehead atoms. The van der Waals surface area contributed by atoms with Gasteiger partial charge in [-0.05, 0) is 68.8 Å². The van der Waals surface area contributed by atoms with Crippen LogP contribution >= 0.6 is 15.9 Å². The number of aliphatic hydroxyl groups is 1.